The Morgan fingerprint density at radius 1 is 0.933 bits per heavy atom. The van der Waals surface area contributed by atoms with E-state index >= 15 is 0 Å². The van der Waals surface area contributed by atoms with Crippen LogP contribution in [0.1, 0.15) is 39.7 Å². The molecule has 1 N–H and O–H groups in total. The van der Waals surface area contributed by atoms with Crippen molar-refractivity contribution >= 4 is 23.3 Å². The van der Waals surface area contributed by atoms with Crippen molar-refractivity contribution in [3.8, 4) is 22.6 Å². The van der Waals surface area contributed by atoms with E-state index in [1.54, 1.807) is 35.5 Å². The summed E-state index contributed by atoms with van der Waals surface area (Å²) in [6.45, 7) is 0.977. The normalized spacial score (nSPS) is 13.8. The number of pyridine rings is 1. The van der Waals surface area contributed by atoms with Crippen molar-refractivity contribution < 1.29 is 27.3 Å². The van der Waals surface area contributed by atoms with Gasteiger partial charge in [-0.05, 0) is 49.2 Å². The lowest BCUT2D eigenvalue weighted by Gasteiger charge is -2.33. The number of carbonyl (C=O) groups excluding carboxylic acids is 2. The Morgan fingerprint density at radius 2 is 1.69 bits per heavy atom. The molecule has 0 unspecified atom stereocenters. The van der Waals surface area contributed by atoms with Crippen molar-refractivity contribution in [2.24, 2.45) is 0 Å². The van der Waals surface area contributed by atoms with E-state index in [1.165, 1.54) is 35.2 Å². The fourth-order valence-corrected chi connectivity index (χ4v) is 5.40. The predicted octanol–water partition coefficient (Wildman–Crippen LogP) is 4.79. The third kappa shape index (κ3) is 5.50. The summed E-state index contributed by atoms with van der Waals surface area (Å²) in [5, 5.41) is 11.0. The third-order valence-electron chi connectivity index (χ3n) is 7.54. The molecule has 0 aliphatic carbocycles. The summed E-state index contributed by atoms with van der Waals surface area (Å²) in [6.07, 6.45) is 5.81. The van der Waals surface area contributed by atoms with Crippen LogP contribution in [0.25, 0.3) is 28.3 Å². The smallest absolute Gasteiger partial charge is 0.276 e. The molecule has 5 aromatic heterocycles. The largest absolute Gasteiger partial charge is 0.364 e. The number of benzene rings is 1. The van der Waals surface area contributed by atoms with E-state index in [9.17, 15) is 22.8 Å². The number of amides is 2. The van der Waals surface area contributed by atoms with Gasteiger partial charge in [-0.15, -0.1) is 0 Å². The fraction of sp³-hybridized carbons (Fsp3) is 0.167. The second-order valence-electron chi connectivity index (χ2n) is 10.4. The number of imidazole rings is 2. The maximum atomic E-state index is 13.8. The van der Waals surface area contributed by atoms with Crippen LogP contribution in [0.5, 0.6) is 0 Å². The third-order valence-corrected chi connectivity index (χ3v) is 7.54. The summed E-state index contributed by atoms with van der Waals surface area (Å²) in [7, 11) is 0. The molecule has 0 atom stereocenters. The van der Waals surface area contributed by atoms with Crippen molar-refractivity contribution in [2.75, 3.05) is 18.4 Å². The number of nitrogens with zero attached hydrogens (tertiary/aromatic N) is 8. The average molecular weight is 614 g/mol. The molecule has 1 fully saturated rings. The molecule has 1 aromatic carbocycles. The van der Waals surface area contributed by atoms with E-state index in [-0.39, 0.29) is 34.8 Å². The van der Waals surface area contributed by atoms with Gasteiger partial charge in [0.05, 0.1) is 23.9 Å². The Labute approximate surface area is 252 Å². The topological polar surface area (TPSA) is 136 Å². The Hall–Kier alpha value is -5.86. The van der Waals surface area contributed by atoms with E-state index in [4.69, 9.17) is 9.62 Å². The van der Waals surface area contributed by atoms with E-state index in [0.29, 0.717) is 54.2 Å². The first kappa shape index (κ1) is 27.9. The van der Waals surface area contributed by atoms with Crippen molar-refractivity contribution in [3.63, 3.8) is 0 Å². The van der Waals surface area contributed by atoms with Crippen LogP contribution >= 0.6 is 0 Å². The minimum Gasteiger partial charge on any atom is -0.364 e. The minimum absolute atomic E-state index is 0.0284. The van der Waals surface area contributed by atoms with Crippen molar-refractivity contribution in [1.29, 1.82) is 0 Å². The zero-order chi connectivity index (χ0) is 31.1. The maximum absolute atomic E-state index is 13.8. The van der Waals surface area contributed by atoms with Crippen LogP contribution in [-0.2, 0) is 0 Å². The second-order valence-corrected chi connectivity index (χ2v) is 10.4. The highest BCUT2D eigenvalue weighted by molar-refractivity contribution is 6.03. The Morgan fingerprint density at radius 3 is 2.40 bits per heavy atom. The van der Waals surface area contributed by atoms with Crippen LogP contribution in [0, 0.1) is 17.7 Å². The van der Waals surface area contributed by atoms with Crippen LogP contribution in [0.3, 0.4) is 0 Å². The van der Waals surface area contributed by atoms with Crippen LogP contribution in [0.2, 0.25) is 0 Å². The van der Waals surface area contributed by atoms with Gasteiger partial charge in [0, 0.05) is 48.5 Å². The fourth-order valence-electron chi connectivity index (χ4n) is 5.40. The summed E-state index contributed by atoms with van der Waals surface area (Å²) in [5.41, 5.74) is 2.85. The summed E-state index contributed by atoms with van der Waals surface area (Å²) in [5.74, 6) is -3.49. The van der Waals surface area contributed by atoms with Gasteiger partial charge in [0.15, 0.2) is 17.2 Å². The van der Waals surface area contributed by atoms with Gasteiger partial charge in [-0.25, -0.2) is 18.9 Å². The molecule has 45 heavy (non-hydrogen) atoms. The molecule has 15 heteroatoms. The van der Waals surface area contributed by atoms with E-state index in [2.05, 4.69) is 25.4 Å². The first-order valence-electron chi connectivity index (χ1n) is 13.9. The molecule has 6 heterocycles. The molecular formula is C30H22F3N9O3. The van der Waals surface area contributed by atoms with Crippen molar-refractivity contribution in [1.82, 2.24) is 39.2 Å². The van der Waals surface area contributed by atoms with Gasteiger partial charge in [-0.1, -0.05) is 5.16 Å². The number of piperidine rings is 1. The van der Waals surface area contributed by atoms with Crippen molar-refractivity contribution in [3.05, 3.63) is 102 Å². The molecule has 0 saturated carbocycles. The molecule has 2 amide bonds. The lowest BCUT2D eigenvalue weighted by molar-refractivity contribution is 0.0684. The van der Waals surface area contributed by atoms with Gasteiger partial charge in [0.2, 0.25) is 11.9 Å². The molecule has 12 nitrogen and oxygen atoms in total. The Bertz CT molecular complexity index is 2010. The van der Waals surface area contributed by atoms with Crippen LogP contribution in [-0.4, -0.2) is 64.1 Å². The molecule has 6 aromatic rings. The highest BCUT2D eigenvalue weighted by atomic mass is 19.1. The van der Waals surface area contributed by atoms with Gasteiger partial charge < -0.3 is 19.3 Å². The maximum Gasteiger partial charge on any atom is 0.276 e. The van der Waals surface area contributed by atoms with Crippen LogP contribution in [0.4, 0.5) is 19.0 Å². The molecule has 1 aliphatic heterocycles. The number of anilines is 1. The molecule has 0 spiro atoms. The van der Waals surface area contributed by atoms with Crippen LogP contribution in [0.15, 0.2) is 77.9 Å². The molecule has 0 radical (unpaired) electrons. The summed E-state index contributed by atoms with van der Waals surface area (Å²) in [4.78, 5) is 39.2. The predicted molar refractivity (Wildman–Crippen MR) is 152 cm³/mol. The Kier molecular flexibility index (Phi) is 7.04. The van der Waals surface area contributed by atoms with Gasteiger partial charge >= 0.3 is 0 Å². The summed E-state index contributed by atoms with van der Waals surface area (Å²) < 4.78 is 49.1. The molecule has 226 valence electrons. The average Bonchev–Trinajstić information content (AvgIpc) is 3.80. The minimum atomic E-state index is -1.12. The lowest BCUT2D eigenvalue weighted by Crippen LogP contribution is -2.39. The highest BCUT2D eigenvalue weighted by Gasteiger charge is 2.29. The summed E-state index contributed by atoms with van der Waals surface area (Å²) >= 11 is 0. The molecule has 1 aliphatic rings. The standard InChI is InChI=1S/C30H22F3N9O3/c31-19-3-1-17(2-4-19)27-28(41(16-34-27)20-7-10-40(11-8-20)30(44)22-9-12-45-39-22)21-5-6-26-36-25(15-42(26)38-21)37-29(43)18-13-23(32)35-24(33)14-18/h1-6,9,12-16,20H,7-8,10-11H2,(H,37,43). The van der Waals surface area contributed by atoms with E-state index in [1.807, 2.05) is 4.57 Å². The Balaban J connectivity index is 1.20. The number of hydrogen-bond acceptors (Lipinski definition) is 8. The zero-order valence-electron chi connectivity index (χ0n) is 23.3. The molecule has 1 saturated heterocycles. The lowest BCUT2D eigenvalue weighted by atomic mass is 10.0. The van der Waals surface area contributed by atoms with Crippen LogP contribution < -0.4 is 5.32 Å². The van der Waals surface area contributed by atoms with Crippen molar-refractivity contribution in [2.45, 2.75) is 18.9 Å². The quantitative estimate of drug-likeness (QED) is 0.265. The number of aromatic nitrogens is 7. The SMILES string of the molecule is O=C(Nc1cn2nc(-c3c(-c4ccc(F)cc4)ncn3C3CCN(C(=O)c4ccon4)CC3)ccc2n1)c1cc(F)nc(F)c1. The van der Waals surface area contributed by atoms with Gasteiger partial charge in [-0.2, -0.15) is 18.9 Å². The highest BCUT2D eigenvalue weighted by Crippen LogP contribution is 2.35. The molecule has 7 rings (SSSR count). The first-order valence-corrected chi connectivity index (χ1v) is 13.9. The number of halogens is 3. The van der Waals surface area contributed by atoms with E-state index < -0.39 is 17.8 Å². The first-order chi connectivity index (χ1) is 21.8. The number of rotatable bonds is 6. The van der Waals surface area contributed by atoms with Gasteiger partial charge in [-0.3, -0.25) is 9.59 Å². The molecular weight excluding hydrogens is 591 g/mol. The monoisotopic (exact) mass is 613 g/mol. The number of hydrogen-bond donors (Lipinski definition) is 1. The number of fused-ring (bicyclic) bond motifs is 1. The zero-order valence-corrected chi connectivity index (χ0v) is 23.3. The summed E-state index contributed by atoms with van der Waals surface area (Å²) in [6, 6.07) is 12.6. The number of carbonyl (C=O) groups is 2. The number of nitrogens with one attached hydrogen (secondary N) is 1. The van der Waals surface area contributed by atoms with Gasteiger partial charge in [0.1, 0.15) is 17.8 Å². The molecule has 0 bridgehead atoms. The number of likely N-dealkylation sites (tertiary alicyclic amines) is 1. The second kappa shape index (κ2) is 11.3. The van der Waals surface area contributed by atoms with E-state index in [0.717, 1.165) is 12.1 Å². The van der Waals surface area contributed by atoms with Gasteiger partial charge in [0.25, 0.3) is 11.8 Å².